The Morgan fingerprint density at radius 2 is 1.60 bits per heavy atom. The molecule has 2 amide bonds. The second kappa shape index (κ2) is 10.6. The van der Waals surface area contributed by atoms with Crippen LogP contribution in [0.3, 0.4) is 0 Å². The topological polar surface area (TPSA) is 116 Å². The Morgan fingerprint density at radius 3 is 2.31 bits per heavy atom. The van der Waals surface area contributed by atoms with Crippen molar-refractivity contribution in [3.63, 3.8) is 0 Å². The van der Waals surface area contributed by atoms with E-state index < -0.39 is 27.9 Å². The molecule has 0 unspecified atom stereocenters. The van der Waals surface area contributed by atoms with Crippen molar-refractivity contribution in [3.8, 4) is 0 Å². The zero-order valence-electron chi connectivity index (χ0n) is 18.6. The minimum Gasteiger partial charge on any atom is -0.460 e. The first-order chi connectivity index (χ1) is 16.8. The van der Waals surface area contributed by atoms with Crippen LogP contribution in [0.1, 0.15) is 31.1 Å². The summed E-state index contributed by atoms with van der Waals surface area (Å²) in [7, 11) is -4.07. The first kappa shape index (κ1) is 24.9. The lowest BCUT2D eigenvalue weighted by atomic mass is 9.95. The van der Waals surface area contributed by atoms with Gasteiger partial charge >= 0.3 is 5.97 Å². The Kier molecular flexibility index (Phi) is 7.51. The smallest absolute Gasteiger partial charge is 0.338 e. The fourth-order valence-corrected chi connectivity index (χ4v) is 4.86. The van der Waals surface area contributed by atoms with Gasteiger partial charge < -0.3 is 9.47 Å². The van der Waals surface area contributed by atoms with Crippen LogP contribution in [-0.2, 0) is 23.9 Å². The summed E-state index contributed by atoms with van der Waals surface area (Å²) in [6.45, 7) is 0.780. The molecule has 11 heteroatoms. The number of thioether (sulfide) groups is 1. The third-order valence-electron chi connectivity index (χ3n) is 5.00. The van der Waals surface area contributed by atoms with E-state index in [4.69, 9.17) is 9.47 Å². The van der Waals surface area contributed by atoms with Crippen LogP contribution in [0.15, 0.2) is 65.6 Å². The Morgan fingerprint density at radius 1 is 0.886 bits per heavy atom. The SMILES string of the molecule is CS(=O)(=O)ON1C(=O)c2cccc3c(SCCOCCOC(=O)c4ccccc4)ccc(c23)C1=O. The van der Waals surface area contributed by atoms with Crippen molar-refractivity contribution >= 4 is 50.4 Å². The lowest BCUT2D eigenvalue weighted by Gasteiger charge is -2.25. The van der Waals surface area contributed by atoms with E-state index in [9.17, 15) is 22.8 Å². The molecular weight excluding hydrogens is 494 g/mol. The van der Waals surface area contributed by atoms with E-state index in [-0.39, 0.29) is 29.4 Å². The molecule has 0 aliphatic carbocycles. The van der Waals surface area contributed by atoms with Gasteiger partial charge in [0.25, 0.3) is 21.9 Å². The number of hydrogen-bond donors (Lipinski definition) is 0. The molecule has 1 aliphatic rings. The number of imide groups is 1. The van der Waals surface area contributed by atoms with E-state index in [0.29, 0.717) is 28.7 Å². The molecule has 0 atom stereocenters. The molecule has 9 nitrogen and oxygen atoms in total. The zero-order chi connectivity index (χ0) is 25.0. The van der Waals surface area contributed by atoms with Gasteiger partial charge in [-0.25, -0.2) is 4.79 Å². The number of hydroxylamine groups is 2. The van der Waals surface area contributed by atoms with Crippen molar-refractivity contribution in [2.24, 2.45) is 0 Å². The monoisotopic (exact) mass is 515 g/mol. The maximum atomic E-state index is 12.8. The Labute approximate surface area is 206 Å². The number of carbonyl (C=O) groups is 3. The molecule has 35 heavy (non-hydrogen) atoms. The second-order valence-corrected chi connectivity index (χ2v) is 10.2. The van der Waals surface area contributed by atoms with Gasteiger partial charge in [0.1, 0.15) is 6.61 Å². The molecule has 0 saturated carbocycles. The van der Waals surface area contributed by atoms with Crippen LogP contribution in [0.5, 0.6) is 0 Å². The summed E-state index contributed by atoms with van der Waals surface area (Å²) in [5.74, 6) is -1.50. The van der Waals surface area contributed by atoms with Gasteiger partial charge in [-0.1, -0.05) is 30.3 Å². The summed E-state index contributed by atoms with van der Waals surface area (Å²) < 4.78 is 38.3. The highest BCUT2D eigenvalue weighted by Gasteiger charge is 2.36. The van der Waals surface area contributed by atoms with Gasteiger partial charge in [-0.15, -0.1) is 21.1 Å². The molecule has 3 aromatic carbocycles. The van der Waals surface area contributed by atoms with Gasteiger partial charge in [0.15, 0.2) is 0 Å². The van der Waals surface area contributed by atoms with Crippen molar-refractivity contribution in [3.05, 3.63) is 77.4 Å². The van der Waals surface area contributed by atoms with Gasteiger partial charge in [-0.2, -0.15) is 8.42 Å². The lowest BCUT2D eigenvalue weighted by Crippen LogP contribution is -2.41. The summed E-state index contributed by atoms with van der Waals surface area (Å²) in [6.07, 6.45) is 0.763. The van der Waals surface area contributed by atoms with Gasteiger partial charge in [0, 0.05) is 16.0 Å². The number of nitrogens with zero attached hydrogens (tertiary/aromatic N) is 1. The number of ether oxygens (including phenoxy) is 2. The highest BCUT2D eigenvalue weighted by Crippen LogP contribution is 2.36. The number of esters is 1. The van der Waals surface area contributed by atoms with Gasteiger partial charge in [0.05, 0.1) is 36.2 Å². The maximum Gasteiger partial charge on any atom is 0.338 e. The van der Waals surface area contributed by atoms with Crippen molar-refractivity contribution in [1.82, 2.24) is 5.06 Å². The lowest BCUT2D eigenvalue weighted by molar-refractivity contribution is -0.0150. The Hall–Kier alpha value is -3.25. The summed E-state index contributed by atoms with van der Waals surface area (Å²) in [6, 6.07) is 17.0. The van der Waals surface area contributed by atoms with E-state index in [1.165, 1.54) is 17.8 Å². The third kappa shape index (κ3) is 5.70. The van der Waals surface area contributed by atoms with E-state index in [1.807, 2.05) is 6.07 Å². The largest absolute Gasteiger partial charge is 0.460 e. The number of hydrogen-bond acceptors (Lipinski definition) is 9. The van der Waals surface area contributed by atoms with Crippen molar-refractivity contribution in [2.75, 3.05) is 31.8 Å². The average molecular weight is 516 g/mol. The fourth-order valence-electron chi connectivity index (χ4n) is 3.54. The number of rotatable bonds is 10. The van der Waals surface area contributed by atoms with Gasteiger partial charge in [0.2, 0.25) is 0 Å². The fraction of sp³-hybridized carbons (Fsp3) is 0.208. The molecule has 0 saturated heterocycles. The minimum absolute atomic E-state index is 0.135. The number of carbonyl (C=O) groups excluding carboxylic acids is 3. The normalized spacial score (nSPS) is 13.3. The van der Waals surface area contributed by atoms with Crippen molar-refractivity contribution < 1.29 is 36.6 Å². The molecule has 0 N–H and O–H groups in total. The van der Waals surface area contributed by atoms with Gasteiger partial charge in [-0.3, -0.25) is 9.59 Å². The highest BCUT2D eigenvalue weighted by atomic mass is 32.2. The second-order valence-electron chi connectivity index (χ2n) is 7.49. The molecule has 0 bridgehead atoms. The molecule has 1 heterocycles. The first-order valence-electron chi connectivity index (χ1n) is 10.5. The van der Waals surface area contributed by atoms with E-state index in [2.05, 4.69) is 4.28 Å². The Balaban J connectivity index is 1.35. The number of amides is 2. The molecule has 0 spiro atoms. The van der Waals surface area contributed by atoms with Crippen LogP contribution in [0.4, 0.5) is 0 Å². The Bertz CT molecular complexity index is 1370. The molecule has 0 radical (unpaired) electrons. The van der Waals surface area contributed by atoms with Crippen molar-refractivity contribution in [2.45, 2.75) is 4.90 Å². The summed E-state index contributed by atoms with van der Waals surface area (Å²) >= 11 is 1.48. The van der Waals surface area contributed by atoms with Crippen LogP contribution >= 0.6 is 11.8 Å². The molecule has 1 aliphatic heterocycles. The van der Waals surface area contributed by atoms with E-state index in [0.717, 1.165) is 11.2 Å². The van der Waals surface area contributed by atoms with Crippen LogP contribution in [0.25, 0.3) is 10.8 Å². The standard InChI is InChI=1S/C24H21NO8S2/c1-35(29,30)33-25-22(26)18-9-5-8-17-20(11-10-19(21(17)18)23(25)27)34-15-14-31-12-13-32-24(28)16-6-3-2-4-7-16/h2-11H,12-15H2,1H3. The molecular formula is C24H21NO8S2. The van der Waals surface area contributed by atoms with Gasteiger partial charge in [-0.05, 0) is 35.7 Å². The predicted octanol–water partition coefficient (Wildman–Crippen LogP) is 3.29. The molecule has 3 aromatic rings. The quantitative estimate of drug-likeness (QED) is 0.174. The van der Waals surface area contributed by atoms with Crippen LogP contribution in [0, 0.1) is 0 Å². The maximum absolute atomic E-state index is 12.8. The van der Waals surface area contributed by atoms with E-state index in [1.54, 1.807) is 48.5 Å². The predicted molar refractivity (Wildman–Crippen MR) is 129 cm³/mol. The molecule has 182 valence electrons. The summed E-state index contributed by atoms with van der Waals surface area (Å²) in [5, 5.41) is 1.43. The summed E-state index contributed by atoms with van der Waals surface area (Å²) in [4.78, 5) is 38.2. The first-order valence-corrected chi connectivity index (χ1v) is 13.3. The molecule has 4 rings (SSSR count). The third-order valence-corrected chi connectivity index (χ3v) is 6.45. The minimum atomic E-state index is -4.07. The molecule has 0 fully saturated rings. The summed E-state index contributed by atoms with van der Waals surface area (Å²) in [5.41, 5.74) is 0.841. The van der Waals surface area contributed by atoms with Crippen LogP contribution in [-0.4, -0.2) is 63.1 Å². The van der Waals surface area contributed by atoms with E-state index >= 15 is 0 Å². The molecule has 0 aromatic heterocycles. The van der Waals surface area contributed by atoms with Crippen LogP contribution < -0.4 is 0 Å². The highest BCUT2D eigenvalue weighted by molar-refractivity contribution is 7.99. The average Bonchev–Trinajstić information content (AvgIpc) is 2.84. The van der Waals surface area contributed by atoms with Crippen molar-refractivity contribution in [1.29, 1.82) is 0 Å². The zero-order valence-corrected chi connectivity index (χ0v) is 20.3. The van der Waals surface area contributed by atoms with Crippen LogP contribution in [0.2, 0.25) is 0 Å². The number of benzene rings is 3.